The average Bonchev–Trinajstić information content (AvgIpc) is 2.56. The van der Waals surface area contributed by atoms with E-state index in [0.29, 0.717) is 18.8 Å². The van der Waals surface area contributed by atoms with Gasteiger partial charge in [-0.2, -0.15) is 0 Å². The van der Waals surface area contributed by atoms with Gasteiger partial charge in [0.05, 0.1) is 6.20 Å². The number of pyridine rings is 1. The van der Waals surface area contributed by atoms with Crippen molar-refractivity contribution >= 4 is 11.7 Å². The maximum Gasteiger partial charge on any atom is 0.274 e. The highest BCUT2D eigenvalue weighted by atomic mass is 16.2. The maximum atomic E-state index is 12.2. The number of carbonyl (C=O) groups is 1. The van der Waals surface area contributed by atoms with E-state index in [1.807, 2.05) is 23.1 Å². The van der Waals surface area contributed by atoms with Gasteiger partial charge in [0.2, 0.25) is 0 Å². The summed E-state index contributed by atoms with van der Waals surface area (Å²) in [4.78, 5) is 28.5. The van der Waals surface area contributed by atoms with Crippen LogP contribution in [0.2, 0.25) is 0 Å². The fraction of sp³-hybridized carbons (Fsp3) is 0.286. The molecule has 6 nitrogen and oxygen atoms in total. The summed E-state index contributed by atoms with van der Waals surface area (Å²) in [6.45, 7) is 2.91. The van der Waals surface area contributed by atoms with Gasteiger partial charge in [-0.25, -0.2) is 9.97 Å². The van der Waals surface area contributed by atoms with Crippen LogP contribution in [0.15, 0.2) is 43.0 Å². The van der Waals surface area contributed by atoms with E-state index in [-0.39, 0.29) is 5.91 Å². The van der Waals surface area contributed by atoms with Gasteiger partial charge in [-0.3, -0.25) is 9.78 Å². The second-order valence-electron chi connectivity index (χ2n) is 4.56. The summed E-state index contributed by atoms with van der Waals surface area (Å²) < 4.78 is 0. The standard InChI is InChI=1S/C14H15N5O/c20-14(12-11-15-5-6-16-12)19-9-7-18(8-10-19)13-3-1-2-4-17-13/h1-6,11H,7-10H2. The molecular weight excluding hydrogens is 254 g/mol. The van der Waals surface area contributed by atoms with Crippen molar-refractivity contribution in [1.29, 1.82) is 0 Å². The zero-order valence-electron chi connectivity index (χ0n) is 11.0. The lowest BCUT2D eigenvalue weighted by Gasteiger charge is -2.35. The number of nitrogens with zero attached hydrogens (tertiary/aromatic N) is 5. The molecule has 1 fully saturated rings. The molecule has 0 spiro atoms. The van der Waals surface area contributed by atoms with E-state index < -0.39 is 0 Å². The molecule has 0 aromatic carbocycles. The average molecular weight is 269 g/mol. The highest BCUT2D eigenvalue weighted by Crippen LogP contribution is 2.13. The van der Waals surface area contributed by atoms with Crippen molar-refractivity contribution in [2.45, 2.75) is 0 Å². The van der Waals surface area contributed by atoms with Crippen LogP contribution in [-0.4, -0.2) is 51.9 Å². The zero-order valence-corrected chi connectivity index (χ0v) is 11.0. The third kappa shape index (κ3) is 2.59. The highest BCUT2D eigenvalue weighted by molar-refractivity contribution is 5.92. The molecule has 2 aromatic heterocycles. The third-order valence-electron chi connectivity index (χ3n) is 3.32. The Hall–Kier alpha value is -2.50. The van der Waals surface area contributed by atoms with Crippen LogP contribution >= 0.6 is 0 Å². The summed E-state index contributed by atoms with van der Waals surface area (Å²) in [6.07, 6.45) is 6.40. The topological polar surface area (TPSA) is 62.2 Å². The van der Waals surface area contributed by atoms with Gasteiger partial charge < -0.3 is 9.80 Å². The van der Waals surface area contributed by atoms with Crippen molar-refractivity contribution in [3.63, 3.8) is 0 Å². The van der Waals surface area contributed by atoms with E-state index in [1.54, 1.807) is 12.4 Å². The molecule has 0 atom stereocenters. The molecule has 1 aliphatic rings. The molecule has 1 aliphatic heterocycles. The molecule has 0 aliphatic carbocycles. The number of anilines is 1. The van der Waals surface area contributed by atoms with Crippen LogP contribution in [0.4, 0.5) is 5.82 Å². The second kappa shape index (κ2) is 5.64. The van der Waals surface area contributed by atoms with Crippen molar-refractivity contribution in [3.05, 3.63) is 48.7 Å². The van der Waals surface area contributed by atoms with E-state index >= 15 is 0 Å². The van der Waals surface area contributed by atoms with Crippen LogP contribution < -0.4 is 4.90 Å². The third-order valence-corrected chi connectivity index (χ3v) is 3.32. The molecule has 0 unspecified atom stereocenters. The summed E-state index contributed by atoms with van der Waals surface area (Å²) in [5.74, 6) is 0.901. The number of aromatic nitrogens is 3. The van der Waals surface area contributed by atoms with E-state index in [0.717, 1.165) is 18.9 Å². The van der Waals surface area contributed by atoms with Gasteiger partial charge in [0, 0.05) is 44.8 Å². The van der Waals surface area contributed by atoms with Crippen LogP contribution in [0.3, 0.4) is 0 Å². The van der Waals surface area contributed by atoms with Crippen molar-refractivity contribution in [2.24, 2.45) is 0 Å². The number of piperazine rings is 1. The quantitative estimate of drug-likeness (QED) is 0.808. The normalized spacial score (nSPS) is 15.2. The van der Waals surface area contributed by atoms with E-state index in [1.165, 1.54) is 12.4 Å². The second-order valence-corrected chi connectivity index (χ2v) is 4.56. The Morgan fingerprint density at radius 2 is 1.85 bits per heavy atom. The fourth-order valence-electron chi connectivity index (χ4n) is 2.25. The van der Waals surface area contributed by atoms with Gasteiger partial charge >= 0.3 is 0 Å². The van der Waals surface area contributed by atoms with Crippen LogP contribution in [0.25, 0.3) is 0 Å². The van der Waals surface area contributed by atoms with Crippen LogP contribution in [-0.2, 0) is 0 Å². The minimum absolute atomic E-state index is 0.0567. The van der Waals surface area contributed by atoms with Gasteiger partial charge in [-0.05, 0) is 12.1 Å². The number of amides is 1. The predicted octanol–water partition coefficient (Wildman–Crippen LogP) is 0.834. The lowest BCUT2D eigenvalue weighted by atomic mass is 10.2. The Bertz CT molecular complexity index is 567. The fourth-order valence-corrected chi connectivity index (χ4v) is 2.25. The lowest BCUT2D eigenvalue weighted by molar-refractivity contribution is 0.0740. The maximum absolute atomic E-state index is 12.2. The molecule has 2 aromatic rings. The van der Waals surface area contributed by atoms with Gasteiger partial charge in [-0.15, -0.1) is 0 Å². The first-order valence-electron chi connectivity index (χ1n) is 6.56. The molecule has 0 N–H and O–H groups in total. The van der Waals surface area contributed by atoms with Crippen molar-refractivity contribution in [2.75, 3.05) is 31.1 Å². The summed E-state index contributed by atoms with van der Waals surface area (Å²) >= 11 is 0. The number of hydrogen-bond acceptors (Lipinski definition) is 5. The molecule has 102 valence electrons. The summed E-state index contributed by atoms with van der Waals surface area (Å²) in [6, 6.07) is 5.86. The van der Waals surface area contributed by atoms with Gasteiger partial charge in [0.15, 0.2) is 0 Å². The Morgan fingerprint density at radius 3 is 2.50 bits per heavy atom. The van der Waals surface area contributed by atoms with E-state index in [4.69, 9.17) is 0 Å². The Morgan fingerprint density at radius 1 is 1.00 bits per heavy atom. The van der Waals surface area contributed by atoms with Crippen molar-refractivity contribution < 1.29 is 4.79 Å². The molecular formula is C14H15N5O. The zero-order chi connectivity index (χ0) is 13.8. The molecule has 3 heterocycles. The minimum atomic E-state index is -0.0567. The van der Waals surface area contributed by atoms with Crippen LogP contribution in [0.1, 0.15) is 10.5 Å². The van der Waals surface area contributed by atoms with E-state index in [2.05, 4.69) is 19.9 Å². The van der Waals surface area contributed by atoms with Gasteiger partial charge in [-0.1, -0.05) is 6.07 Å². The largest absolute Gasteiger partial charge is 0.353 e. The SMILES string of the molecule is O=C(c1cnccn1)N1CCN(c2ccccn2)CC1. The smallest absolute Gasteiger partial charge is 0.274 e. The Kier molecular flexibility index (Phi) is 3.54. The summed E-state index contributed by atoms with van der Waals surface area (Å²) in [5, 5.41) is 0. The van der Waals surface area contributed by atoms with Crippen molar-refractivity contribution in [3.8, 4) is 0 Å². The first-order chi connectivity index (χ1) is 9.84. The molecule has 0 saturated carbocycles. The van der Waals surface area contributed by atoms with Gasteiger partial charge in [0.25, 0.3) is 5.91 Å². The Labute approximate surface area is 117 Å². The Balaban J connectivity index is 1.63. The summed E-state index contributed by atoms with van der Waals surface area (Å²) in [7, 11) is 0. The van der Waals surface area contributed by atoms with Crippen LogP contribution in [0, 0.1) is 0 Å². The summed E-state index contributed by atoms with van der Waals surface area (Å²) in [5.41, 5.74) is 0.402. The van der Waals surface area contributed by atoms with E-state index in [9.17, 15) is 4.79 Å². The van der Waals surface area contributed by atoms with Crippen LogP contribution in [0.5, 0.6) is 0 Å². The molecule has 0 radical (unpaired) electrons. The highest BCUT2D eigenvalue weighted by Gasteiger charge is 2.23. The van der Waals surface area contributed by atoms with Crippen molar-refractivity contribution in [1.82, 2.24) is 19.9 Å². The number of rotatable bonds is 2. The minimum Gasteiger partial charge on any atom is -0.353 e. The molecule has 1 saturated heterocycles. The molecule has 20 heavy (non-hydrogen) atoms. The molecule has 0 bridgehead atoms. The molecule has 6 heteroatoms. The number of hydrogen-bond donors (Lipinski definition) is 0. The molecule has 1 amide bonds. The lowest BCUT2D eigenvalue weighted by Crippen LogP contribution is -2.49. The number of carbonyl (C=O) groups excluding carboxylic acids is 1. The monoisotopic (exact) mass is 269 g/mol. The predicted molar refractivity (Wildman–Crippen MR) is 74.4 cm³/mol. The van der Waals surface area contributed by atoms with Gasteiger partial charge in [0.1, 0.15) is 11.5 Å². The first-order valence-corrected chi connectivity index (χ1v) is 6.56. The molecule has 3 rings (SSSR count). The first kappa shape index (κ1) is 12.5.